The lowest BCUT2D eigenvalue weighted by atomic mass is 10.2. The Bertz CT molecular complexity index is 969. The molecule has 0 spiro atoms. The van der Waals surface area contributed by atoms with Gasteiger partial charge in [-0.15, -0.1) is 5.10 Å². The molecule has 8 nitrogen and oxygen atoms in total. The van der Waals surface area contributed by atoms with E-state index in [4.69, 9.17) is 4.74 Å². The van der Waals surface area contributed by atoms with Gasteiger partial charge >= 0.3 is 0 Å². The maximum atomic E-state index is 12.5. The van der Waals surface area contributed by atoms with Crippen molar-refractivity contribution in [2.24, 2.45) is 0 Å². The van der Waals surface area contributed by atoms with Crippen LogP contribution in [0.1, 0.15) is 19.4 Å². The van der Waals surface area contributed by atoms with E-state index in [1.807, 2.05) is 44.2 Å². The number of amides is 1. The zero-order chi connectivity index (χ0) is 21.6. The molecule has 0 N–H and O–H groups in total. The lowest BCUT2D eigenvalue weighted by molar-refractivity contribution is -0.129. The largest absolute Gasteiger partial charge is 0.466 e. The summed E-state index contributed by atoms with van der Waals surface area (Å²) in [5.41, 5.74) is 0.825. The number of ether oxygens (including phenoxy) is 1. The lowest BCUT2D eigenvalue weighted by Crippen LogP contribution is -2.50. The molecule has 1 fully saturated rings. The molecule has 2 aromatic rings. The summed E-state index contributed by atoms with van der Waals surface area (Å²) in [6, 6.07) is 9.28. The van der Waals surface area contributed by atoms with Gasteiger partial charge in [0.25, 0.3) is 5.19 Å². The van der Waals surface area contributed by atoms with Crippen LogP contribution in [0.25, 0.3) is 6.08 Å². The van der Waals surface area contributed by atoms with Gasteiger partial charge in [0.1, 0.15) is 0 Å². The Kier molecular flexibility index (Phi) is 7.87. The molecular weight excluding hydrogens is 444 g/mol. The Morgan fingerprint density at radius 2 is 1.90 bits per heavy atom. The summed E-state index contributed by atoms with van der Waals surface area (Å²) < 4.78 is 32.6. The minimum Gasteiger partial charge on any atom is -0.466 e. The fourth-order valence-electron chi connectivity index (χ4n) is 2.73. The number of hydrogen-bond donors (Lipinski definition) is 0. The van der Waals surface area contributed by atoms with E-state index in [0.717, 1.165) is 5.56 Å². The highest BCUT2D eigenvalue weighted by molar-refractivity contribution is 8.01. The number of rotatable bonds is 8. The highest BCUT2D eigenvalue weighted by Gasteiger charge is 2.27. The van der Waals surface area contributed by atoms with Gasteiger partial charge in [0.15, 0.2) is 4.34 Å². The molecule has 0 unspecified atom stereocenters. The number of carbonyl (C=O) groups is 1. The van der Waals surface area contributed by atoms with Crippen molar-refractivity contribution in [2.45, 2.75) is 24.3 Å². The van der Waals surface area contributed by atoms with Crippen molar-refractivity contribution < 1.29 is 17.9 Å². The molecule has 0 saturated carbocycles. The van der Waals surface area contributed by atoms with Crippen LogP contribution in [0.4, 0.5) is 0 Å². The van der Waals surface area contributed by atoms with Gasteiger partial charge in [-0.1, -0.05) is 47.2 Å². The fraction of sp³-hybridized carbons (Fsp3) is 0.421. The monoisotopic (exact) mass is 468 g/mol. The molecule has 1 amide bonds. The average molecular weight is 469 g/mol. The zero-order valence-electron chi connectivity index (χ0n) is 16.8. The maximum Gasteiger partial charge on any atom is 0.295 e. The summed E-state index contributed by atoms with van der Waals surface area (Å²) in [5.74, 6) is 0.190. The van der Waals surface area contributed by atoms with Crippen LogP contribution >= 0.6 is 23.1 Å². The lowest BCUT2D eigenvalue weighted by Gasteiger charge is -2.33. The number of benzene rings is 1. The second-order valence-electron chi connectivity index (χ2n) is 6.83. The van der Waals surface area contributed by atoms with Crippen molar-refractivity contribution in [3.05, 3.63) is 41.3 Å². The van der Waals surface area contributed by atoms with Gasteiger partial charge in [0.05, 0.1) is 11.9 Å². The van der Waals surface area contributed by atoms with Gasteiger partial charge in [-0.2, -0.15) is 4.31 Å². The summed E-state index contributed by atoms with van der Waals surface area (Å²) in [4.78, 5) is 14.2. The Morgan fingerprint density at radius 3 is 2.57 bits per heavy atom. The first-order valence-corrected chi connectivity index (χ1v) is 12.8. The van der Waals surface area contributed by atoms with E-state index in [2.05, 4.69) is 10.2 Å². The summed E-state index contributed by atoms with van der Waals surface area (Å²) in [6.45, 7) is 5.13. The van der Waals surface area contributed by atoms with Crippen LogP contribution in [-0.2, 0) is 14.8 Å². The third-order valence-electron chi connectivity index (χ3n) is 4.23. The first-order valence-electron chi connectivity index (χ1n) is 9.47. The van der Waals surface area contributed by atoms with Crippen LogP contribution < -0.4 is 4.74 Å². The van der Waals surface area contributed by atoms with E-state index in [1.54, 1.807) is 11.0 Å². The number of sulfonamides is 1. The smallest absolute Gasteiger partial charge is 0.295 e. The minimum atomic E-state index is -3.51. The highest BCUT2D eigenvalue weighted by Crippen LogP contribution is 2.28. The zero-order valence-corrected chi connectivity index (χ0v) is 19.3. The molecule has 1 saturated heterocycles. The van der Waals surface area contributed by atoms with Gasteiger partial charge in [-0.25, -0.2) is 8.42 Å². The Balaban J connectivity index is 1.47. The first kappa shape index (κ1) is 22.7. The normalized spacial score (nSPS) is 15.8. The standard InChI is InChI=1S/C19H24N4O4S3/c1-15(2)27-18-20-21-19(29-18)28-14-17(24)22-9-11-23(12-10-22)30(25,26)13-8-16-6-4-3-5-7-16/h3-8,13,15H,9-12,14H2,1-2H3/b13-8+. The predicted octanol–water partition coefficient (Wildman–Crippen LogP) is 2.56. The molecule has 0 aliphatic carbocycles. The molecule has 0 radical (unpaired) electrons. The number of hydrogen-bond acceptors (Lipinski definition) is 8. The molecule has 162 valence electrons. The summed E-state index contributed by atoms with van der Waals surface area (Å²) in [5, 5.41) is 9.67. The van der Waals surface area contributed by atoms with Crippen LogP contribution in [-0.4, -0.2) is 71.8 Å². The van der Waals surface area contributed by atoms with Crippen molar-refractivity contribution in [3.63, 3.8) is 0 Å². The third kappa shape index (κ3) is 6.53. The summed E-state index contributed by atoms with van der Waals surface area (Å²) in [7, 11) is -3.51. The molecule has 1 aromatic heterocycles. The van der Waals surface area contributed by atoms with E-state index in [1.165, 1.54) is 32.8 Å². The van der Waals surface area contributed by atoms with Crippen LogP contribution in [0.5, 0.6) is 5.19 Å². The van der Waals surface area contributed by atoms with Gasteiger partial charge in [-0.3, -0.25) is 4.79 Å². The predicted molar refractivity (Wildman–Crippen MR) is 119 cm³/mol. The topological polar surface area (TPSA) is 92.7 Å². The molecule has 0 bridgehead atoms. The number of nitrogens with zero attached hydrogens (tertiary/aromatic N) is 4. The Morgan fingerprint density at radius 1 is 1.20 bits per heavy atom. The fourth-order valence-corrected chi connectivity index (χ4v) is 5.61. The van der Waals surface area contributed by atoms with E-state index in [-0.39, 0.29) is 30.9 Å². The second-order valence-corrected chi connectivity index (χ2v) is 10.8. The van der Waals surface area contributed by atoms with Crippen molar-refractivity contribution in [1.82, 2.24) is 19.4 Å². The quantitative estimate of drug-likeness (QED) is 0.550. The van der Waals surface area contributed by atoms with Crippen molar-refractivity contribution in [1.29, 1.82) is 0 Å². The molecule has 0 atom stereocenters. The number of carbonyl (C=O) groups excluding carboxylic acids is 1. The SMILES string of the molecule is CC(C)Oc1nnc(SCC(=O)N2CCN(S(=O)(=O)/C=C/c3ccccc3)CC2)s1. The van der Waals surface area contributed by atoms with Crippen LogP contribution in [0.2, 0.25) is 0 Å². The van der Waals surface area contributed by atoms with Crippen LogP contribution in [0.15, 0.2) is 40.1 Å². The van der Waals surface area contributed by atoms with Crippen LogP contribution in [0, 0.1) is 0 Å². The van der Waals surface area contributed by atoms with E-state index in [9.17, 15) is 13.2 Å². The molecule has 1 aliphatic rings. The Labute approximate surface area is 185 Å². The molecule has 1 aromatic carbocycles. The number of aromatic nitrogens is 2. The maximum absolute atomic E-state index is 12.5. The summed E-state index contributed by atoms with van der Waals surface area (Å²) >= 11 is 2.62. The minimum absolute atomic E-state index is 0.0209. The molecule has 1 aliphatic heterocycles. The van der Waals surface area contributed by atoms with Crippen molar-refractivity contribution >= 4 is 45.1 Å². The van der Waals surface area contributed by atoms with E-state index < -0.39 is 10.0 Å². The van der Waals surface area contributed by atoms with Crippen molar-refractivity contribution in [3.8, 4) is 5.19 Å². The first-order chi connectivity index (χ1) is 14.3. The average Bonchev–Trinajstić information content (AvgIpc) is 3.18. The molecule has 11 heteroatoms. The van der Waals surface area contributed by atoms with Gasteiger partial charge in [0.2, 0.25) is 15.9 Å². The molecular formula is C19H24N4O4S3. The van der Waals surface area contributed by atoms with Gasteiger partial charge in [0, 0.05) is 31.6 Å². The molecule has 30 heavy (non-hydrogen) atoms. The summed E-state index contributed by atoms with van der Waals surface area (Å²) in [6.07, 6.45) is 1.61. The Hall–Kier alpha value is -1.95. The van der Waals surface area contributed by atoms with Gasteiger partial charge in [-0.05, 0) is 36.8 Å². The van der Waals surface area contributed by atoms with E-state index in [0.29, 0.717) is 22.6 Å². The third-order valence-corrected chi connectivity index (χ3v) is 7.72. The number of piperazine rings is 1. The second kappa shape index (κ2) is 10.4. The molecule has 3 rings (SSSR count). The molecule has 2 heterocycles. The van der Waals surface area contributed by atoms with Crippen LogP contribution in [0.3, 0.4) is 0 Å². The van der Waals surface area contributed by atoms with Gasteiger partial charge < -0.3 is 9.64 Å². The van der Waals surface area contributed by atoms with Crippen molar-refractivity contribution in [2.75, 3.05) is 31.9 Å². The highest BCUT2D eigenvalue weighted by atomic mass is 32.2. The van der Waals surface area contributed by atoms with E-state index >= 15 is 0 Å². The number of thioether (sulfide) groups is 1.